The van der Waals surface area contributed by atoms with Crippen LogP contribution in [0.2, 0.25) is 0 Å². The number of nitrogens with one attached hydrogen (secondary N) is 1. The van der Waals surface area contributed by atoms with Crippen LogP contribution < -0.4 is 9.64 Å². The molecule has 0 unspecified atom stereocenters. The number of rotatable bonds is 4. The van der Waals surface area contributed by atoms with Crippen molar-refractivity contribution in [3.63, 3.8) is 0 Å². The van der Waals surface area contributed by atoms with Crippen molar-refractivity contribution in [3.05, 3.63) is 95.1 Å². The van der Waals surface area contributed by atoms with E-state index in [4.69, 9.17) is 4.74 Å². The fourth-order valence-corrected chi connectivity index (χ4v) is 4.56. The van der Waals surface area contributed by atoms with Crippen molar-refractivity contribution in [2.75, 3.05) is 14.1 Å². The van der Waals surface area contributed by atoms with Gasteiger partial charge in [0.2, 0.25) is 0 Å². The standard InChI is InChI=1S/C23H23NOS/c1-24(2)15-17-8-7-10-19(14-17)25-23-20-11-4-3-9-18(20)16-26-22-13-6-5-12-21(22)23/h3-14,23H,15-16H2,1-2H3/p+1/t23-/m1/s1. The van der Waals surface area contributed by atoms with E-state index in [1.165, 1.54) is 32.0 Å². The van der Waals surface area contributed by atoms with Gasteiger partial charge in [-0.15, -0.1) is 11.8 Å². The van der Waals surface area contributed by atoms with Crippen LogP contribution in [-0.4, -0.2) is 14.1 Å². The molecule has 3 aromatic rings. The Kier molecular flexibility index (Phi) is 5.00. The van der Waals surface area contributed by atoms with Gasteiger partial charge in [-0.1, -0.05) is 54.6 Å². The Morgan fingerprint density at radius 1 is 0.923 bits per heavy atom. The summed E-state index contributed by atoms with van der Waals surface area (Å²) in [6.45, 7) is 0.991. The third-order valence-corrected chi connectivity index (χ3v) is 5.77. The third-order valence-electron chi connectivity index (χ3n) is 4.63. The summed E-state index contributed by atoms with van der Waals surface area (Å²) >= 11 is 1.89. The van der Waals surface area contributed by atoms with Gasteiger partial charge < -0.3 is 9.64 Å². The maximum Gasteiger partial charge on any atom is 0.150 e. The summed E-state index contributed by atoms with van der Waals surface area (Å²) in [4.78, 5) is 2.71. The molecule has 0 amide bonds. The number of quaternary nitrogens is 1. The lowest BCUT2D eigenvalue weighted by molar-refractivity contribution is -0.872. The normalized spacial score (nSPS) is 15.9. The highest BCUT2D eigenvalue weighted by molar-refractivity contribution is 7.98. The first-order valence-corrected chi connectivity index (χ1v) is 10.0. The Hall–Kier alpha value is -2.23. The Balaban J connectivity index is 1.74. The van der Waals surface area contributed by atoms with E-state index in [1.54, 1.807) is 0 Å². The number of hydrogen-bond donors (Lipinski definition) is 1. The van der Waals surface area contributed by atoms with Crippen molar-refractivity contribution in [2.45, 2.75) is 23.3 Å². The lowest BCUT2D eigenvalue weighted by atomic mass is 9.97. The van der Waals surface area contributed by atoms with Crippen molar-refractivity contribution in [1.82, 2.24) is 0 Å². The monoisotopic (exact) mass is 362 g/mol. The fourth-order valence-electron chi connectivity index (χ4n) is 3.47. The summed E-state index contributed by atoms with van der Waals surface area (Å²) in [5.74, 6) is 1.92. The minimum atomic E-state index is -0.0700. The molecule has 2 nitrogen and oxygen atoms in total. The number of thioether (sulfide) groups is 1. The van der Waals surface area contributed by atoms with Gasteiger partial charge in [-0.05, 0) is 23.8 Å². The number of fused-ring (bicyclic) bond motifs is 2. The third kappa shape index (κ3) is 3.64. The summed E-state index contributed by atoms with van der Waals surface area (Å²) in [7, 11) is 4.34. The zero-order valence-electron chi connectivity index (χ0n) is 15.2. The lowest BCUT2D eigenvalue weighted by Gasteiger charge is -2.22. The number of benzene rings is 3. The second kappa shape index (κ2) is 7.56. The molecule has 0 spiro atoms. The van der Waals surface area contributed by atoms with E-state index in [2.05, 4.69) is 86.9 Å². The summed E-state index contributed by atoms with van der Waals surface area (Å²) in [5, 5.41) is 0. The lowest BCUT2D eigenvalue weighted by Crippen LogP contribution is -3.04. The summed E-state index contributed by atoms with van der Waals surface area (Å²) in [5.41, 5.74) is 5.18. The van der Waals surface area contributed by atoms with Crippen LogP contribution in [0, 0.1) is 0 Å². The SMILES string of the molecule is C[NH+](C)Cc1cccc(O[C@@H]2c3ccccc3CSc3ccccc32)c1. The average Bonchev–Trinajstić information content (AvgIpc) is 2.80. The number of hydrogen-bond acceptors (Lipinski definition) is 2. The molecule has 1 aliphatic rings. The predicted octanol–water partition coefficient (Wildman–Crippen LogP) is 4.11. The molecule has 4 rings (SSSR count). The first kappa shape index (κ1) is 17.2. The minimum absolute atomic E-state index is 0.0700. The topological polar surface area (TPSA) is 13.7 Å². The first-order valence-electron chi connectivity index (χ1n) is 9.05. The van der Waals surface area contributed by atoms with Gasteiger partial charge in [0.1, 0.15) is 12.3 Å². The molecular formula is C23H24NOS+. The van der Waals surface area contributed by atoms with Crippen LogP contribution in [0.3, 0.4) is 0 Å². The second-order valence-electron chi connectivity index (χ2n) is 7.05. The molecule has 0 aliphatic carbocycles. The molecule has 26 heavy (non-hydrogen) atoms. The van der Waals surface area contributed by atoms with Gasteiger partial charge in [0.25, 0.3) is 0 Å². The van der Waals surface area contributed by atoms with Crippen LogP contribution in [0.1, 0.15) is 28.4 Å². The summed E-state index contributed by atoms with van der Waals surface area (Å²) < 4.78 is 6.59. The average molecular weight is 363 g/mol. The van der Waals surface area contributed by atoms with E-state index >= 15 is 0 Å². The quantitative estimate of drug-likeness (QED) is 0.751. The minimum Gasteiger partial charge on any atom is -0.481 e. The van der Waals surface area contributed by atoms with Gasteiger partial charge in [-0.3, -0.25) is 0 Å². The van der Waals surface area contributed by atoms with Gasteiger partial charge in [-0.2, -0.15) is 0 Å². The van der Waals surface area contributed by atoms with E-state index in [0.717, 1.165) is 18.0 Å². The van der Waals surface area contributed by atoms with Crippen LogP contribution in [0.4, 0.5) is 0 Å². The highest BCUT2D eigenvalue weighted by Gasteiger charge is 2.25. The molecule has 1 N–H and O–H groups in total. The van der Waals surface area contributed by atoms with Crippen molar-refractivity contribution in [3.8, 4) is 5.75 Å². The maximum absolute atomic E-state index is 6.59. The van der Waals surface area contributed by atoms with Crippen LogP contribution in [0.25, 0.3) is 0 Å². The van der Waals surface area contributed by atoms with Crippen LogP contribution >= 0.6 is 11.8 Å². The molecular weight excluding hydrogens is 338 g/mol. The first-order chi connectivity index (χ1) is 12.7. The molecule has 1 heterocycles. The molecule has 0 fully saturated rings. The van der Waals surface area contributed by atoms with Crippen LogP contribution in [0.15, 0.2) is 77.7 Å². The Morgan fingerprint density at radius 3 is 2.54 bits per heavy atom. The molecule has 1 aliphatic heterocycles. The summed E-state index contributed by atoms with van der Waals surface area (Å²) in [6, 6.07) is 25.8. The Labute approximate surface area is 159 Å². The molecule has 0 saturated heterocycles. The van der Waals surface area contributed by atoms with Crippen molar-refractivity contribution >= 4 is 11.8 Å². The smallest absolute Gasteiger partial charge is 0.150 e. The molecule has 132 valence electrons. The van der Waals surface area contributed by atoms with E-state index in [-0.39, 0.29) is 6.10 Å². The van der Waals surface area contributed by atoms with Crippen LogP contribution in [0.5, 0.6) is 5.75 Å². The van der Waals surface area contributed by atoms with Gasteiger partial charge in [0.05, 0.1) is 14.1 Å². The molecule has 0 saturated carbocycles. The number of ether oxygens (including phenoxy) is 1. The van der Waals surface area contributed by atoms with E-state index in [9.17, 15) is 0 Å². The van der Waals surface area contributed by atoms with Gasteiger partial charge >= 0.3 is 0 Å². The molecule has 0 radical (unpaired) electrons. The largest absolute Gasteiger partial charge is 0.481 e. The maximum atomic E-state index is 6.59. The summed E-state index contributed by atoms with van der Waals surface area (Å²) in [6.07, 6.45) is -0.0700. The molecule has 0 bridgehead atoms. The zero-order valence-corrected chi connectivity index (χ0v) is 16.1. The van der Waals surface area contributed by atoms with E-state index in [0.29, 0.717) is 0 Å². The Morgan fingerprint density at radius 2 is 1.69 bits per heavy atom. The van der Waals surface area contributed by atoms with Crippen molar-refractivity contribution < 1.29 is 9.64 Å². The molecule has 1 atom stereocenters. The van der Waals surface area contributed by atoms with Crippen molar-refractivity contribution in [1.29, 1.82) is 0 Å². The highest BCUT2D eigenvalue weighted by atomic mass is 32.2. The zero-order chi connectivity index (χ0) is 17.9. The highest BCUT2D eigenvalue weighted by Crippen LogP contribution is 2.41. The van der Waals surface area contributed by atoms with Crippen LogP contribution in [-0.2, 0) is 12.3 Å². The van der Waals surface area contributed by atoms with Gasteiger partial charge in [0, 0.05) is 27.3 Å². The fraction of sp³-hybridized carbons (Fsp3) is 0.217. The van der Waals surface area contributed by atoms with E-state index < -0.39 is 0 Å². The van der Waals surface area contributed by atoms with Gasteiger partial charge in [-0.25, -0.2) is 0 Å². The second-order valence-corrected chi connectivity index (χ2v) is 8.07. The molecule has 3 heteroatoms. The Bertz CT molecular complexity index is 858. The predicted molar refractivity (Wildman–Crippen MR) is 108 cm³/mol. The van der Waals surface area contributed by atoms with E-state index in [1.807, 2.05) is 11.8 Å². The molecule has 3 aromatic carbocycles. The van der Waals surface area contributed by atoms with Gasteiger partial charge in [0.15, 0.2) is 6.10 Å². The molecule has 0 aromatic heterocycles. The van der Waals surface area contributed by atoms with Crippen molar-refractivity contribution in [2.24, 2.45) is 0 Å².